The summed E-state index contributed by atoms with van der Waals surface area (Å²) in [4.78, 5) is 8.11. The molecule has 0 aromatic carbocycles. The predicted octanol–water partition coefficient (Wildman–Crippen LogP) is 2.45. The molecule has 1 aliphatic carbocycles. The number of halogens is 1. The highest BCUT2D eigenvalue weighted by atomic mass is 79.9. The van der Waals surface area contributed by atoms with E-state index in [9.17, 15) is 0 Å². The lowest BCUT2D eigenvalue weighted by Crippen LogP contribution is -2.34. The zero-order valence-corrected chi connectivity index (χ0v) is 9.08. The molecule has 0 aliphatic heterocycles. The zero-order chi connectivity index (χ0) is 9.26. The normalized spacial score (nSPS) is 26.6. The van der Waals surface area contributed by atoms with Gasteiger partial charge in [0, 0.05) is 12.1 Å². The van der Waals surface area contributed by atoms with Crippen molar-refractivity contribution in [2.75, 3.05) is 5.32 Å². The molecule has 1 N–H and O–H groups in total. The Morgan fingerprint density at radius 1 is 1.46 bits per heavy atom. The number of anilines is 1. The molecule has 0 saturated heterocycles. The second kappa shape index (κ2) is 3.62. The van der Waals surface area contributed by atoms with Gasteiger partial charge < -0.3 is 5.32 Å². The van der Waals surface area contributed by atoms with E-state index in [4.69, 9.17) is 0 Å². The van der Waals surface area contributed by atoms with E-state index in [1.54, 1.807) is 6.33 Å². The van der Waals surface area contributed by atoms with Crippen molar-refractivity contribution in [1.82, 2.24) is 9.97 Å². The van der Waals surface area contributed by atoms with E-state index in [2.05, 4.69) is 38.1 Å². The summed E-state index contributed by atoms with van der Waals surface area (Å²) in [5.41, 5.74) is 0. The fourth-order valence-electron chi connectivity index (χ4n) is 1.64. The van der Waals surface area contributed by atoms with Crippen LogP contribution in [0.25, 0.3) is 0 Å². The maximum Gasteiger partial charge on any atom is 0.130 e. The Kier molecular flexibility index (Phi) is 2.49. The highest BCUT2D eigenvalue weighted by Crippen LogP contribution is 2.28. The van der Waals surface area contributed by atoms with Gasteiger partial charge in [0.2, 0.25) is 0 Å². The highest BCUT2D eigenvalue weighted by Gasteiger charge is 2.25. The molecule has 1 aliphatic rings. The summed E-state index contributed by atoms with van der Waals surface area (Å²) in [7, 11) is 0. The standard InChI is InChI=1S/C9H12BrN3/c1-6-2-7(3-6)13-9-4-8(10)11-5-12-9/h4-7H,2-3H2,1H3,(H,11,12,13). The van der Waals surface area contributed by atoms with Gasteiger partial charge in [-0.15, -0.1) is 0 Å². The number of aromatic nitrogens is 2. The topological polar surface area (TPSA) is 37.8 Å². The maximum atomic E-state index is 4.13. The van der Waals surface area contributed by atoms with Gasteiger partial charge in [-0.3, -0.25) is 0 Å². The first kappa shape index (κ1) is 8.94. The molecule has 1 aromatic heterocycles. The van der Waals surface area contributed by atoms with Crippen LogP contribution in [0.5, 0.6) is 0 Å². The van der Waals surface area contributed by atoms with Crippen molar-refractivity contribution in [2.24, 2.45) is 5.92 Å². The molecule has 0 amide bonds. The fraction of sp³-hybridized carbons (Fsp3) is 0.556. The molecular weight excluding hydrogens is 230 g/mol. The Balaban J connectivity index is 1.94. The lowest BCUT2D eigenvalue weighted by Gasteiger charge is -2.33. The van der Waals surface area contributed by atoms with E-state index in [1.165, 1.54) is 12.8 Å². The predicted molar refractivity (Wildman–Crippen MR) is 55.5 cm³/mol. The average Bonchev–Trinajstić information content (AvgIpc) is 2.01. The molecule has 0 bridgehead atoms. The van der Waals surface area contributed by atoms with Crippen LogP contribution in [0.1, 0.15) is 19.8 Å². The Morgan fingerprint density at radius 2 is 2.23 bits per heavy atom. The first-order valence-electron chi connectivity index (χ1n) is 4.48. The molecule has 0 spiro atoms. The third kappa shape index (κ3) is 2.18. The van der Waals surface area contributed by atoms with Crippen molar-refractivity contribution in [3.8, 4) is 0 Å². The first-order chi connectivity index (χ1) is 6.24. The quantitative estimate of drug-likeness (QED) is 0.809. The van der Waals surface area contributed by atoms with Crippen molar-refractivity contribution in [3.05, 3.63) is 17.0 Å². The summed E-state index contributed by atoms with van der Waals surface area (Å²) in [6.07, 6.45) is 4.07. The van der Waals surface area contributed by atoms with Gasteiger partial charge in [0.25, 0.3) is 0 Å². The van der Waals surface area contributed by atoms with Gasteiger partial charge in [-0.05, 0) is 34.7 Å². The molecule has 0 radical (unpaired) electrons. The molecule has 13 heavy (non-hydrogen) atoms. The molecule has 3 nitrogen and oxygen atoms in total. The smallest absolute Gasteiger partial charge is 0.130 e. The third-order valence-electron chi connectivity index (χ3n) is 2.36. The number of hydrogen-bond acceptors (Lipinski definition) is 3. The van der Waals surface area contributed by atoms with E-state index in [0.29, 0.717) is 6.04 Å². The van der Waals surface area contributed by atoms with Gasteiger partial charge in [-0.25, -0.2) is 9.97 Å². The van der Waals surface area contributed by atoms with Crippen LogP contribution in [0.15, 0.2) is 17.0 Å². The minimum Gasteiger partial charge on any atom is -0.367 e. The van der Waals surface area contributed by atoms with Gasteiger partial charge in [0.1, 0.15) is 16.7 Å². The molecule has 4 heteroatoms. The highest BCUT2D eigenvalue weighted by molar-refractivity contribution is 9.10. The largest absolute Gasteiger partial charge is 0.367 e. The van der Waals surface area contributed by atoms with Crippen molar-refractivity contribution >= 4 is 21.7 Å². The second-order valence-corrected chi connectivity index (χ2v) is 4.46. The zero-order valence-electron chi connectivity index (χ0n) is 7.50. The minimum absolute atomic E-state index is 0.608. The van der Waals surface area contributed by atoms with Crippen LogP contribution < -0.4 is 5.32 Å². The molecule has 0 atom stereocenters. The lowest BCUT2D eigenvalue weighted by molar-refractivity contribution is 0.308. The van der Waals surface area contributed by atoms with E-state index in [0.717, 1.165) is 16.3 Å². The van der Waals surface area contributed by atoms with Crippen LogP contribution in [-0.2, 0) is 0 Å². The SMILES string of the molecule is CC1CC(Nc2cc(Br)ncn2)C1. The number of hydrogen-bond donors (Lipinski definition) is 1. The van der Waals surface area contributed by atoms with Gasteiger partial charge in [0.05, 0.1) is 0 Å². The Hall–Kier alpha value is -0.640. The molecule has 1 saturated carbocycles. The summed E-state index contributed by atoms with van der Waals surface area (Å²) < 4.78 is 0.831. The van der Waals surface area contributed by atoms with Crippen molar-refractivity contribution in [2.45, 2.75) is 25.8 Å². The van der Waals surface area contributed by atoms with Gasteiger partial charge in [0.15, 0.2) is 0 Å². The number of nitrogens with zero attached hydrogens (tertiary/aromatic N) is 2. The Morgan fingerprint density at radius 3 is 2.85 bits per heavy atom. The van der Waals surface area contributed by atoms with E-state index in [-0.39, 0.29) is 0 Å². The molecule has 1 aromatic rings. The van der Waals surface area contributed by atoms with E-state index < -0.39 is 0 Å². The van der Waals surface area contributed by atoms with Gasteiger partial charge in [-0.1, -0.05) is 6.92 Å². The Bertz CT molecular complexity index is 297. The van der Waals surface area contributed by atoms with Crippen LogP contribution in [0, 0.1) is 5.92 Å². The van der Waals surface area contributed by atoms with E-state index in [1.807, 2.05) is 6.07 Å². The van der Waals surface area contributed by atoms with Gasteiger partial charge in [-0.2, -0.15) is 0 Å². The minimum atomic E-state index is 0.608. The number of rotatable bonds is 2. The molecule has 70 valence electrons. The second-order valence-electron chi connectivity index (χ2n) is 3.64. The molecular formula is C9H12BrN3. The van der Waals surface area contributed by atoms with Crippen molar-refractivity contribution in [1.29, 1.82) is 0 Å². The van der Waals surface area contributed by atoms with Crippen molar-refractivity contribution < 1.29 is 0 Å². The monoisotopic (exact) mass is 241 g/mol. The first-order valence-corrected chi connectivity index (χ1v) is 5.27. The van der Waals surface area contributed by atoms with Crippen molar-refractivity contribution in [3.63, 3.8) is 0 Å². The average molecular weight is 242 g/mol. The third-order valence-corrected chi connectivity index (χ3v) is 2.79. The van der Waals surface area contributed by atoms with Crippen LogP contribution in [0.4, 0.5) is 5.82 Å². The number of nitrogens with one attached hydrogen (secondary N) is 1. The molecule has 1 heterocycles. The summed E-state index contributed by atoms with van der Waals surface area (Å²) in [6, 6.07) is 2.51. The van der Waals surface area contributed by atoms with Crippen LogP contribution >= 0.6 is 15.9 Å². The maximum absolute atomic E-state index is 4.13. The molecule has 0 unspecified atom stereocenters. The molecule has 1 fully saturated rings. The van der Waals surface area contributed by atoms with Crippen LogP contribution in [-0.4, -0.2) is 16.0 Å². The van der Waals surface area contributed by atoms with Crippen LogP contribution in [0.2, 0.25) is 0 Å². The lowest BCUT2D eigenvalue weighted by atomic mass is 9.82. The fourth-order valence-corrected chi connectivity index (χ4v) is 1.95. The summed E-state index contributed by atoms with van der Waals surface area (Å²) in [5.74, 6) is 1.78. The molecule has 2 rings (SSSR count). The van der Waals surface area contributed by atoms with E-state index >= 15 is 0 Å². The summed E-state index contributed by atoms with van der Waals surface area (Å²) in [6.45, 7) is 2.27. The Labute approximate surface area is 86.1 Å². The summed E-state index contributed by atoms with van der Waals surface area (Å²) in [5, 5.41) is 3.37. The van der Waals surface area contributed by atoms with Crippen LogP contribution in [0.3, 0.4) is 0 Å². The van der Waals surface area contributed by atoms with Gasteiger partial charge >= 0.3 is 0 Å². The summed E-state index contributed by atoms with van der Waals surface area (Å²) >= 11 is 3.31.